The summed E-state index contributed by atoms with van der Waals surface area (Å²) in [4.78, 5) is 12.0. The van der Waals surface area contributed by atoms with E-state index in [4.69, 9.17) is 0 Å². The molecule has 0 saturated heterocycles. The number of benzene rings is 1. The second kappa shape index (κ2) is 6.97. The van der Waals surface area contributed by atoms with Crippen LogP contribution in [0, 0.1) is 12.8 Å². The average molecular weight is 341 g/mol. The molecule has 1 heterocycles. The van der Waals surface area contributed by atoms with Gasteiger partial charge in [0.25, 0.3) is 5.56 Å². The lowest BCUT2D eigenvalue weighted by Gasteiger charge is -2.17. The maximum Gasteiger partial charge on any atom is 0.253 e. The van der Waals surface area contributed by atoms with Crippen LogP contribution < -0.4 is 16.1 Å². The quantitative estimate of drug-likeness (QED) is 0.819. The van der Waals surface area contributed by atoms with E-state index in [-0.39, 0.29) is 5.56 Å². The fourth-order valence-electron chi connectivity index (χ4n) is 3.10. The minimum absolute atomic E-state index is 0.0821. The Balaban J connectivity index is 2.05. The van der Waals surface area contributed by atoms with E-state index in [0.29, 0.717) is 0 Å². The van der Waals surface area contributed by atoms with Gasteiger partial charge in [0.2, 0.25) is 0 Å². The number of pyridine rings is 1. The molecule has 1 aliphatic carbocycles. The summed E-state index contributed by atoms with van der Waals surface area (Å²) in [5.41, 5.74) is 4.45. The highest BCUT2D eigenvalue weighted by molar-refractivity contribution is 6.72. The monoisotopic (exact) mass is 340 g/mol. The second-order valence-electron chi connectivity index (χ2n) is 7.27. The average Bonchev–Trinajstić information content (AvgIpc) is 3.41. The molecule has 1 saturated carbocycles. The SMILES string of the molecule is CC[SiH](C)c1ccc(NCC2CC2)c(-c2cc(C)c(=O)n(C)c2)c1. The molecule has 128 valence electrons. The third-order valence-electron chi connectivity index (χ3n) is 5.18. The summed E-state index contributed by atoms with van der Waals surface area (Å²) in [6.07, 6.45) is 4.66. The number of nitrogens with zero attached hydrogens (tertiary/aromatic N) is 1. The van der Waals surface area contributed by atoms with Crippen LogP contribution in [0.2, 0.25) is 12.6 Å². The summed E-state index contributed by atoms with van der Waals surface area (Å²) >= 11 is 0. The normalized spacial score (nSPS) is 15.3. The smallest absolute Gasteiger partial charge is 0.253 e. The van der Waals surface area contributed by atoms with Crippen LogP contribution in [-0.4, -0.2) is 19.9 Å². The number of anilines is 1. The van der Waals surface area contributed by atoms with E-state index in [1.807, 2.05) is 26.2 Å². The van der Waals surface area contributed by atoms with Crippen LogP contribution in [0.4, 0.5) is 5.69 Å². The van der Waals surface area contributed by atoms with Crippen LogP contribution >= 0.6 is 0 Å². The summed E-state index contributed by atoms with van der Waals surface area (Å²) in [5.74, 6) is 0.836. The number of aryl methyl sites for hydroxylation is 2. The van der Waals surface area contributed by atoms with Crippen molar-refractivity contribution in [2.45, 2.75) is 39.3 Å². The Labute approximate surface area is 146 Å². The van der Waals surface area contributed by atoms with Gasteiger partial charge in [0, 0.05) is 42.2 Å². The molecule has 4 heteroatoms. The van der Waals surface area contributed by atoms with Gasteiger partial charge < -0.3 is 9.88 Å². The summed E-state index contributed by atoms with van der Waals surface area (Å²) in [6.45, 7) is 7.64. The van der Waals surface area contributed by atoms with Crippen LogP contribution in [0.1, 0.15) is 25.3 Å². The largest absolute Gasteiger partial charge is 0.384 e. The number of aromatic nitrogens is 1. The van der Waals surface area contributed by atoms with Crippen molar-refractivity contribution in [1.29, 1.82) is 0 Å². The Morgan fingerprint density at radius 1 is 1.29 bits per heavy atom. The molecule has 1 unspecified atom stereocenters. The van der Waals surface area contributed by atoms with Crippen LogP contribution in [0.5, 0.6) is 0 Å². The van der Waals surface area contributed by atoms with Gasteiger partial charge in [-0.15, -0.1) is 0 Å². The Bertz CT molecular complexity index is 766. The van der Waals surface area contributed by atoms with E-state index in [1.54, 1.807) is 4.57 Å². The molecule has 0 aliphatic heterocycles. The van der Waals surface area contributed by atoms with Gasteiger partial charge in [-0.1, -0.05) is 36.8 Å². The molecule has 0 radical (unpaired) electrons. The molecular formula is C20H28N2OSi. The highest BCUT2D eigenvalue weighted by Gasteiger charge is 2.21. The van der Waals surface area contributed by atoms with Gasteiger partial charge >= 0.3 is 0 Å². The Morgan fingerprint density at radius 2 is 2.04 bits per heavy atom. The molecule has 1 aliphatic rings. The molecule has 1 N–H and O–H groups in total. The van der Waals surface area contributed by atoms with E-state index in [1.165, 1.54) is 35.3 Å². The van der Waals surface area contributed by atoms with Crippen molar-refractivity contribution in [3.8, 4) is 11.1 Å². The van der Waals surface area contributed by atoms with E-state index >= 15 is 0 Å². The summed E-state index contributed by atoms with van der Waals surface area (Å²) in [5, 5.41) is 5.14. The predicted molar refractivity (Wildman–Crippen MR) is 106 cm³/mol. The van der Waals surface area contributed by atoms with Crippen molar-refractivity contribution in [2.24, 2.45) is 13.0 Å². The van der Waals surface area contributed by atoms with Crippen LogP contribution in [0.25, 0.3) is 11.1 Å². The molecule has 24 heavy (non-hydrogen) atoms. The van der Waals surface area contributed by atoms with Gasteiger partial charge in [0.05, 0.1) is 8.80 Å². The molecule has 0 spiro atoms. The molecule has 1 fully saturated rings. The molecule has 3 nitrogen and oxygen atoms in total. The zero-order valence-corrected chi connectivity index (χ0v) is 16.4. The van der Waals surface area contributed by atoms with E-state index in [2.05, 4.69) is 37.0 Å². The maximum absolute atomic E-state index is 12.0. The van der Waals surface area contributed by atoms with Gasteiger partial charge in [-0.25, -0.2) is 0 Å². The first-order chi connectivity index (χ1) is 11.5. The lowest BCUT2D eigenvalue weighted by atomic mass is 10.0. The molecule has 1 aromatic heterocycles. The van der Waals surface area contributed by atoms with Gasteiger partial charge in [0.1, 0.15) is 0 Å². The Morgan fingerprint density at radius 3 is 2.67 bits per heavy atom. The van der Waals surface area contributed by atoms with Gasteiger partial charge in [0.15, 0.2) is 0 Å². The number of hydrogen-bond acceptors (Lipinski definition) is 2. The van der Waals surface area contributed by atoms with Gasteiger partial charge in [-0.05, 0) is 37.8 Å². The lowest BCUT2D eigenvalue weighted by molar-refractivity contribution is 0.850. The van der Waals surface area contributed by atoms with Crippen LogP contribution in [0.3, 0.4) is 0 Å². The fraction of sp³-hybridized carbons (Fsp3) is 0.450. The summed E-state index contributed by atoms with van der Waals surface area (Å²) in [6, 6.07) is 10.2. The minimum Gasteiger partial charge on any atom is -0.384 e. The maximum atomic E-state index is 12.0. The predicted octanol–water partition coefficient (Wildman–Crippen LogP) is 3.27. The van der Waals surface area contributed by atoms with Crippen molar-refractivity contribution in [1.82, 2.24) is 4.57 Å². The van der Waals surface area contributed by atoms with Crippen LogP contribution in [0.15, 0.2) is 35.3 Å². The van der Waals surface area contributed by atoms with E-state index in [0.717, 1.165) is 23.6 Å². The highest BCUT2D eigenvalue weighted by Crippen LogP contribution is 2.32. The standard InChI is InChI=1S/C20H28N2OSi/c1-5-24(4)17-8-9-19(21-12-15-6-7-15)18(11-17)16-10-14(2)20(23)22(3)13-16/h8-11,13,15,21,24H,5-7,12H2,1-4H3. The fourth-order valence-corrected chi connectivity index (χ4v) is 4.45. The van der Waals surface area contributed by atoms with Crippen molar-refractivity contribution in [3.63, 3.8) is 0 Å². The van der Waals surface area contributed by atoms with Crippen LogP contribution in [-0.2, 0) is 7.05 Å². The topological polar surface area (TPSA) is 34.0 Å². The van der Waals surface area contributed by atoms with E-state index in [9.17, 15) is 4.79 Å². The third kappa shape index (κ3) is 3.64. The molecule has 0 bridgehead atoms. The van der Waals surface area contributed by atoms with Crippen molar-refractivity contribution < 1.29 is 0 Å². The van der Waals surface area contributed by atoms with Crippen molar-refractivity contribution in [2.75, 3.05) is 11.9 Å². The zero-order chi connectivity index (χ0) is 17.3. The summed E-state index contributed by atoms with van der Waals surface area (Å²) in [7, 11) is 0.967. The molecule has 1 aromatic carbocycles. The Hall–Kier alpha value is -1.81. The first-order valence-electron chi connectivity index (χ1n) is 9.05. The number of rotatable bonds is 6. The second-order valence-corrected chi connectivity index (χ2v) is 10.6. The minimum atomic E-state index is -0.870. The first-order valence-corrected chi connectivity index (χ1v) is 11.6. The van der Waals surface area contributed by atoms with Crippen molar-refractivity contribution >= 4 is 19.7 Å². The molecular weight excluding hydrogens is 312 g/mol. The Kier molecular flexibility index (Phi) is 4.95. The third-order valence-corrected chi connectivity index (χ3v) is 7.90. The molecule has 3 rings (SSSR count). The summed E-state index contributed by atoms with van der Waals surface area (Å²) < 4.78 is 1.70. The molecule has 2 aromatic rings. The van der Waals surface area contributed by atoms with Gasteiger partial charge in [-0.3, -0.25) is 4.79 Å². The van der Waals surface area contributed by atoms with Crippen molar-refractivity contribution in [3.05, 3.63) is 46.4 Å². The molecule has 0 amide bonds. The first kappa shape index (κ1) is 17.0. The number of nitrogens with one attached hydrogen (secondary N) is 1. The molecule has 1 atom stereocenters. The highest BCUT2D eigenvalue weighted by atomic mass is 28.3. The lowest BCUT2D eigenvalue weighted by Crippen LogP contribution is -2.26. The number of hydrogen-bond donors (Lipinski definition) is 1. The zero-order valence-electron chi connectivity index (χ0n) is 15.2. The van der Waals surface area contributed by atoms with E-state index < -0.39 is 8.80 Å². The van der Waals surface area contributed by atoms with Gasteiger partial charge in [-0.2, -0.15) is 0 Å².